The monoisotopic (exact) mass is 125 g/mol. The van der Waals surface area contributed by atoms with Crippen molar-refractivity contribution in [1.29, 1.82) is 0 Å². The van der Waals surface area contributed by atoms with E-state index in [1.54, 1.807) is 6.08 Å². The zero-order chi connectivity index (χ0) is 7.28. The van der Waals surface area contributed by atoms with Gasteiger partial charge in [-0.15, -0.1) is 6.58 Å². The molecule has 0 aromatic carbocycles. The SMILES string of the molecule is C=C[C@H](N)/C=C\C(C)C. The van der Waals surface area contributed by atoms with E-state index in [4.69, 9.17) is 5.73 Å². The van der Waals surface area contributed by atoms with Crippen LogP contribution < -0.4 is 5.73 Å². The van der Waals surface area contributed by atoms with Crippen LogP contribution in [-0.2, 0) is 0 Å². The molecule has 0 aliphatic heterocycles. The van der Waals surface area contributed by atoms with Crippen molar-refractivity contribution in [3.8, 4) is 0 Å². The van der Waals surface area contributed by atoms with Crippen LogP contribution >= 0.6 is 0 Å². The van der Waals surface area contributed by atoms with E-state index in [9.17, 15) is 0 Å². The Kier molecular flexibility index (Phi) is 4.06. The van der Waals surface area contributed by atoms with E-state index in [0.29, 0.717) is 5.92 Å². The lowest BCUT2D eigenvalue weighted by Gasteiger charge is -1.97. The lowest BCUT2D eigenvalue weighted by atomic mass is 10.1. The van der Waals surface area contributed by atoms with Crippen molar-refractivity contribution in [2.45, 2.75) is 19.9 Å². The highest BCUT2D eigenvalue weighted by Gasteiger charge is 1.87. The summed E-state index contributed by atoms with van der Waals surface area (Å²) in [5, 5.41) is 0. The second kappa shape index (κ2) is 4.33. The van der Waals surface area contributed by atoms with Crippen molar-refractivity contribution in [3.63, 3.8) is 0 Å². The summed E-state index contributed by atoms with van der Waals surface area (Å²) in [5.74, 6) is 0.580. The molecule has 0 aromatic rings. The number of hydrogen-bond acceptors (Lipinski definition) is 1. The Morgan fingerprint density at radius 1 is 1.33 bits per heavy atom. The summed E-state index contributed by atoms with van der Waals surface area (Å²) in [6.45, 7) is 7.80. The highest BCUT2D eigenvalue weighted by Crippen LogP contribution is 1.94. The van der Waals surface area contributed by atoms with Crippen molar-refractivity contribution in [1.82, 2.24) is 0 Å². The van der Waals surface area contributed by atoms with Gasteiger partial charge in [0.25, 0.3) is 0 Å². The van der Waals surface area contributed by atoms with Crippen molar-refractivity contribution in [2.75, 3.05) is 0 Å². The molecule has 0 aliphatic rings. The van der Waals surface area contributed by atoms with Gasteiger partial charge in [-0.2, -0.15) is 0 Å². The molecule has 0 spiro atoms. The summed E-state index contributed by atoms with van der Waals surface area (Å²) >= 11 is 0. The molecule has 0 unspecified atom stereocenters. The maximum atomic E-state index is 5.52. The van der Waals surface area contributed by atoms with Gasteiger partial charge in [0.05, 0.1) is 0 Å². The first-order valence-corrected chi connectivity index (χ1v) is 3.23. The molecule has 2 N–H and O–H groups in total. The zero-order valence-corrected chi connectivity index (χ0v) is 6.17. The average Bonchev–Trinajstić information content (AvgIpc) is 1.83. The highest BCUT2D eigenvalue weighted by atomic mass is 14.6. The molecule has 0 aromatic heterocycles. The molecule has 0 fully saturated rings. The van der Waals surface area contributed by atoms with E-state index in [1.165, 1.54) is 0 Å². The lowest BCUT2D eigenvalue weighted by molar-refractivity contribution is 0.821. The Bertz CT molecular complexity index is 103. The van der Waals surface area contributed by atoms with Crippen molar-refractivity contribution in [2.24, 2.45) is 11.7 Å². The minimum Gasteiger partial charge on any atom is -0.321 e. The van der Waals surface area contributed by atoms with Gasteiger partial charge in [0.15, 0.2) is 0 Å². The molecular weight excluding hydrogens is 110 g/mol. The van der Waals surface area contributed by atoms with Crippen LogP contribution in [0, 0.1) is 5.92 Å². The van der Waals surface area contributed by atoms with Crippen LogP contribution in [0.2, 0.25) is 0 Å². The molecule has 0 bridgehead atoms. The predicted molar refractivity (Wildman–Crippen MR) is 42.2 cm³/mol. The van der Waals surface area contributed by atoms with Gasteiger partial charge in [0, 0.05) is 6.04 Å². The third-order valence-electron chi connectivity index (χ3n) is 0.990. The summed E-state index contributed by atoms with van der Waals surface area (Å²) < 4.78 is 0. The largest absolute Gasteiger partial charge is 0.321 e. The smallest absolute Gasteiger partial charge is 0.0407 e. The van der Waals surface area contributed by atoms with Gasteiger partial charge >= 0.3 is 0 Å². The molecule has 9 heavy (non-hydrogen) atoms. The summed E-state index contributed by atoms with van der Waals surface area (Å²) in [5.41, 5.74) is 5.52. The quantitative estimate of drug-likeness (QED) is 0.571. The molecule has 0 saturated carbocycles. The topological polar surface area (TPSA) is 26.0 Å². The van der Waals surface area contributed by atoms with Gasteiger partial charge in [-0.3, -0.25) is 0 Å². The van der Waals surface area contributed by atoms with E-state index >= 15 is 0 Å². The van der Waals surface area contributed by atoms with Gasteiger partial charge in [-0.1, -0.05) is 32.1 Å². The predicted octanol–water partition coefficient (Wildman–Crippen LogP) is 1.71. The van der Waals surface area contributed by atoms with Crippen LogP contribution in [0.1, 0.15) is 13.8 Å². The molecule has 1 heteroatoms. The van der Waals surface area contributed by atoms with Crippen LogP contribution in [0.3, 0.4) is 0 Å². The third kappa shape index (κ3) is 5.31. The van der Waals surface area contributed by atoms with Crippen LogP contribution in [-0.4, -0.2) is 6.04 Å². The molecule has 0 heterocycles. The number of nitrogens with two attached hydrogens (primary N) is 1. The molecule has 52 valence electrons. The summed E-state index contributed by atoms with van der Waals surface area (Å²) in [6, 6.07) is 0.0207. The van der Waals surface area contributed by atoms with Crippen LogP contribution in [0.25, 0.3) is 0 Å². The molecule has 0 amide bonds. The standard InChI is InChI=1S/C8H15N/c1-4-8(9)6-5-7(2)3/h4-8H,1,9H2,2-3H3/b6-5-/t8-/m0/s1. The Morgan fingerprint density at radius 3 is 2.22 bits per heavy atom. The summed E-state index contributed by atoms with van der Waals surface area (Å²) in [6.07, 6.45) is 5.75. The first-order valence-electron chi connectivity index (χ1n) is 3.23. The minimum atomic E-state index is 0.0207. The van der Waals surface area contributed by atoms with Crippen LogP contribution in [0.5, 0.6) is 0 Å². The summed E-state index contributed by atoms with van der Waals surface area (Å²) in [7, 11) is 0. The number of hydrogen-bond donors (Lipinski definition) is 1. The molecule has 0 rings (SSSR count). The van der Waals surface area contributed by atoms with E-state index in [0.717, 1.165) is 0 Å². The van der Waals surface area contributed by atoms with E-state index in [1.807, 2.05) is 6.08 Å². The van der Waals surface area contributed by atoms with Crippen LogP contribution in [0.15, 0.2) is 24.8 Å². The summed E-state index contributed by atoms with van der Waals surface area (Å²) in [4.78, 5) is 0. The first kappa shape index (κ1) is 8.44. The maximum absolute atomic E-state index is 5.52. The molecule has 0 saturated heterocycles. The minimum absolute atomic E-state index is 0.0207. The molecular formula is C8H15N. The maximum Gasteiger partial charge on any atom is 0.0407 e. The fourth-order valence-electron chi connectivity index (χ4n) is 0.429. The van der Waals surface area contributed by atoms with E-state index < -0.39 is 0 Å². The second-order valence-electron chi connectivity index (χ2n) is 2.44. The van der Waals surface area contributed by atoms with Crippen molar-refractivity contribution >= 4 is 0 Å². The van der Waals surface area contributed by atoms with Crippen molar-refractivity contribution < 1.29 is 0 Å². The molecule has 0 radical (unpaired) electrons. The Hall–Kier alpha value is -0.560. The van der Waals surface area contributed by atoms with Gasteiger partial charge in [0.1, 0.15) is 0 Å². The lowest BCUT2D eigenvalue weighted by Crippen LogP contribution is -2.12. The van der Waals surface area contributed by atoms with Gasteiger partial charge in [-0.05, 0) is 5.92 Å². The first-order chi connectivity index (χ1) is 4.16. The fraction of sp³-hybridized carbons (Fsp3) is 0.500. The highest BCUT2D eigenvalue weighted by molar-refractivity contribution is 5.01. The normalized spacial score (nSPS) is 14.7. The number of allylic oxidation sites excluding steroid dienone is 1. The van der Waals surface area contributed by atoms with Gasteiger partial charge in [-0.25, -0.2) is 0 Å². The fourth-order valence-corrected chi connectivity index (χ4v) is 0.429. The zero-order valence-electron chi connectivity index (χ0n) is 6.17. The molecule has 0 aliphatic carbocycles. The second-order valence-corrected chi connectivity index (χ2v) is 2.44. The van der Waals surface area contributed by atoms with Gasteiger partial charge < -0.3 is 5.73 Å². The molecule has 1 atom stereocenters. The average molecular weight is 125 g/mol. The molecule has 1 nitrogen and oxygen atoms in total. The Labute approximate surface area is 57.3 Å². The van der Waals surface area contributed by atoms with Crippen molar-refractivity contribution in [3.05, 3.63) is 24.8 Å². The third-order valence-corrected chi connectivity index (χ3v) is 0.990. The Balaban J connectivity index is 3.56. The Morgan fingerprint density at radius 2 is 1.89 bits per heavy atom. The van der Waals surface area contributed by atoms with Gasteiger partial charge in [0.2, 0.25) is 0 Å². The van der Waals surface area contributed by atoms with E-state index in [-0.39, 0.29) is 6.04 Å². The van der Waals surface area contributed by atoms with Crippen LogP contribution in [0.4, 0.5) is 0 Å². The van der Waals surface area contributed by atoms with E-state index in [2.05, 4.69) is 26.5 Å². The number of rotatable bonds is 3.